The molecule has 11 nitrogen and oxygen atoms in total. The fourth-order valence-corrected chi connectivity index (χ4v) is 5.38. The van der Waals surface area contributed by atoms with Gasteiger partial charge in [-0.15, -0.1) is 0 Å². The molecule has 0 aliphatic heterocycles. The number of sulfonamides is 1. The number of unbranched alkanes of at least 4 members (excludes halogenated alkanes) is 1. The lowest BCUT2D eigenvalue weighted by Crippen LogP contribution is -2.53. The molecule has 3 aromatic rings. The van der Waals surface area contributed by atoms with Crippen molar-refractivity contribution in [2.45, 2.75) is 45.7 Å². The van der Waals surface area contributed by atoms with Crippen LogP contribution in [0.2, 0.25) is 0 Å². The number of aryl methyl sites for hydroxylation is 1. The smallest absolute Gasteiger partial charge is 0.271 e. The van der Waals surface area contributed by atoms with Crippen molar-refractivity contribution in [2.75, 3.05) is 30.8 Å². The summed E-state index contributed by atoms with van der Waals surface area (Å²) in [6, 6.07) is 19.3. The van der Waals surface area contributed by atoms with E-state index in [1.807, 2.05) is 68.4 Å². The van der Waals surface area contributed by atoms with Crippen LogP contribution < -0.4 is 14.4 Å². The minimum atomic E-state index is -4.14. The first kappa shape index (κ1) is 33.1. The number of nitro benzene ring substituents is 1. The number of non-ortho nitro benzene ring substituents is 1. The zero-order valence-electron chi connectivity index (χ0n) is 24.9. The van der Waals surface area contributed by atoms with E-state index in [0.29, 0.717) is 6.54 Å². The summed E-state index contributed by atoms with van der Waals surface area (Å²) in [6.45, 7) is 3.68. The van der Waals surface area contributed by atoms with Crippen molar-refractivity contribution >= 4 is 33.2 Å². The van der Waals surface area contributed by atoms with Gasteiger partial charge >= 0.3 is 0 Å². The minimum Gasteiger partial charge on any atom is -0.495 e. The SMILES string of the molecule is CCCCNC(=O)[C@@H](Cc1ccccc1)N(Cc1ccc(C)cc1)C(=O)CN(c1cc([N+](=O)[O-])ccc1OC)S(C)(=O)=O. The molecule has 0 bridgehead atoms. The summed E-state index contributed by atoms with van der Waals surface area (Å²) < 4.78 is 32.2. The molecule has 0 spiro atoms. The molecule has 0 saturated carbocycles. The maximum absolute atomic E-state index is 14.2. The highest BCUT2D eigenvalue weighted by Gasteiger charge is 2.34. The predicted molar refractivity (Wildman–Crippen MR) is 165 cm³/mol. The Morgan fingerprint density at radius 1 is 1.02 bits per heavy atom. The Balaban J connectivity index is 2.10. The number of nitrogens with one attached hydrogen (secondary N) is 1. The highest BCUT2D eigenvalue weighted by molar-refractivity contribution is 7.92. The van der Waals surface area contributed by atoms with E-state index in [0.717, 1.165) is 46.2 Å². The first-order chi connectivity index (χ1) is 20.4. The van der Waals surface area contributed by atoms with Crippen molar-refractivity contribution in [3.8, 4) is 5.75 Å². The maximum atomic E-state index is 14.2. The molecule has 0 radical (unpaired) electrons. The van der Waals surface area contributed by atoms with Crippen LogP contribution in [-0.4, -0.2) is 62.6 Å². The zero-order valence-corrected chi connectivity index (χ0v) is 25.7. The number of carbonyl (C=O) groups is 2. The van der Waals surface area contributed by atoms with Crippen LogP contribution >= 0.6 is 0 Å². The number of anilines is 1. The van der Waals surface area contributed by atoms with Gasteiger partial charge in [0.15, 0.2) is 0 Å². The second-order valence-corrected chi connectivity index (χ2v) is 12.1. The first-order valence-corrected chi connectivity index (χ1v) is 15.8. The van der Waals surface area contributed by atoms with Gasteiger partial charge in [-0.3, -0.25) is 24.0 Å². The molecule has 1 atom stereocenters. The van der Waals surface area contributed by atoms with E-state index >= 15 is 0 Å². The summed E-state index contributed by atoms with van der Waals surface area (Å²) in [7, 11) is -2.84. The van der Waals surface area contributed by atoms with Crippen LogP contribution in [0.3, 0.4) is 0 Å². The number of hydrogen-bond acceptors (Lipinski definition) is 7. The summed E-state index contributed by atoms with van der Waals surface area (Å²) in [6.07, 6.45) is 2.71. The lowest BCUT2D eigenvalue weighted by molar-refractivity contribution is -0.384. The van der Waals surface area contributed by atoms with Gasteiger partial charge in [0.05, 0.1) is 18.3 Å². The van der Waals surface area contributed by atoms with Gasteiger partial charge in [-0.2, -0.15) is 0 Å². The average molecular weight is 611 g/mol. The highest BCUT2D eigenvalue weighted by Crippen LogP contribution is 2.34. The van der Waals surface area contributed by atoms with Crippen LogP contribution in [0.25, 0.3) is 0 Å². The Morgan fingerprint density at radius 2 is 1.70 bits per heavy atom. The van der Waals surface area contributed by atoms with Crippen molar-refractivity contribution in [2.24, 2.45) is 0 Å². The standard InChI is InChI=1S/C31H38N4O7S/c1-5-6-18-32-31(37)28(19-24-10-8-7-9-11-24)33(21-25-14-12-23(2)13-15-25)30(36)22-34(43(4,40)41)27-20-26(35(38)39)16-17-29(27)42-3/h7-17,20,28H,5-6,18-19,21-22H2,1-4H3,(H,32,37)/t28-/m1/s1. The molecule has 43 heavy (non-hydrogen) atoms. The second-order valence-electron chi connectivity index (χ2n) is 10.2. The third kappa shape index (κ3) is 9.27. The van der Waals surface area contributed by atoms with E-state index in [-0.39, 0.29) is 36.0 Å². The molecule has 0 saturated heterocycles. The summed E-state index contributed by atoms with van der Waals surface area (Å²) in [5, 5.41) is 14.4. The van der Waals surface area contributed by atoms with Gasteiger partial charge in [-0.25, -0.2) is 8.42 Å². The number of amides is 2. The summed E-state index contributed by atoms with van der Waals surface area (Å²) in [5.74, 6) is -0.991. The Kier molecular flexibility index (Phi) is 11.6. The quantitative estimate of drug-likeness (QED) is 0.154. The summed E-state index contributed by atoms with van der Waals surface area (Å²) in [4.78, 5) is 40.1. The van der Waals surface area contributed by atoms with Crippen molar-refractivity contribution in [1.29, 1.82) is 0 Å². The molecule has 0 aliphatic carbocycles. The van der Waals surface area contributed by atoms with Gasteiger partial charge in [0.1, 0.15) is 24.0 Å². The van der Waals surface area contributed by atoms with Crippen LogP contribution in [0.1, 0.15) is 36.5 Å². The van der Waals surface area contributed by atoms with E-state index in [4.69, 9.17) is 4.74 Å². The number of nitrogens with zero attached hydrogens (tertiary/aromatic N) is 3. The van der Waals surface area contributed by atoms with Crippen LogP contribution in [-0.2, 0) is 32.6 Å². The number of ether oxygens (including phenoxy) is 1. The lowest BCUT2D eigenvalue weighted by Gasteiger charge is -2.33. The van der Waals surface area contributed by atoms with Crippen molar-refractivity contribution in [3.63, 3.8) is 0 Å². The molecular formula is C31H38N4O7S. The van der Waals surface area contributed by atoms with E-state index in [1.54, 1.807) is 0 Å². The molecule has 230 valence electrons. The number of methoxy groups -OCH3 is 1. The topological polar surface area (TPSA) is 139 Å². The van der Waals surface area contributed by atoms with Crippen molar-refractivity contribution < 1.29 is 27.7 Å². The lowest BCUT2D eigenvalue weighted by atomic mass is 10.0. The Labute approximate surface area is 252 Å². The molecule has 1 N–H and O–H groups in total. The van der Waals surface area contributed by atoms with Crippen LogP contribution in [0.15, 0.2) is 72.8 Å². The van der Waals surface area contributed by atoms with Gasteiger partial charge in [0, 0.05) is 31.6 Å². The number of benzene rings is 3. The minimum absolute atomic E-state index is 0.0293. The van der Waals surface area contributed by atoms with Crippen molar-refractivity contribution in [3.05, 3.63) is 99.6 Å². The summed E-state index contributed by atoms with van der Waals surface area (Å²) >= 11 is 0. The van der Waals surface area contributed by atoms with Crippen LogP contribution in [0, 0.1) is 17.0 Å². The van der Waals surface area contributed by atoms with E-state index in [1.165, 1.54) is 24.1 Å². The molecule has 0 unspecified atom stereocenters. The molecule has 2 amide bonds. The Morgan fingerprint density at radius 3 is 2.28 bits per heavy atom. The normalized spacial score (nSPS) is 11.8. The average Bonchev–Trinajstić information content (AvgIpc) is 2.98. The monoisotopic (exact) mass is 610 g/mol. The van der Waals surface area contributed by atoms with Crippen molar-refractivity contribution in [1.82, 2.24) is 10.2 Å². The Bertz CT molecular complexity index is 1510. The fourth-order valence-electron chi connectivity index (χ4n) is 4.53. The molecule has 0 aliphatic rings. The molecule has 3 rings (SSSR count). The van der Waals surface area contributed by atoms with Gasteiger partial charge in [-0.05, 0) is 30.5 Å². The molecule has 0 fully saturated rings. The second kappa shape index (κ2) is 15.1. The summed E-state index contributed by atoms with van der Waals surface area (Å²) in [5.41, 5.74) is 2.05. The maximum Gasteiger partial charge on any atom is 0.271 e. The van der Waals surface area contributed by atoms with Crippen LogP contribution in [0.4, 0.5) is 11.4 Å². The molecule has 0 heterocycles. The highest BCUT2D eigenvalue weighted by atomic mass is 32.2. The number of rotatable bonds is 15. The van der Waals surface area contributed by atoms with Gasteiger partial charge < -0.3 is 15.0 Å². The molecule has 3 aromatic carbocycles. The predicted octanol–water partition coefficient (Wildman–Crippen LogP) is 4.23. The molecular weight excluding hydrogens is 572 g/mol. The largest absolute Gasteiger partial charge is 0.495 e. The zero-order chi connectivity index (χ0) is 31.6. The fraction of sp³-hybridized carbons (Fsp3) is 0.355. The number of hydrogen-bond donors (Lipinski definition) is 1. The van der Waals surface area contributed by atoms with Crippen LogP contribution in [0.5, 0.6) is 5.75 Å². The van der Waals surface area contributed by atoms with E-state index in [9.17, 15) is 28.1 Å². The van der Waals surface area contributed by atoms with Gasteiger partial charge in [-0.1, -0.05) is 73.5 Å². The third-order valence-electron chi connectivity index (χ3n) is 6.90. The molecule has 0 aromatic heterocycles. The Hall–Kier alpha value is -4.45. The van der Waals surface area contributed by atoms with E-state index in [2.05, 4.69) is 5.32 Å². The molecule has 12 heteroatoms. The third-order valence-corrected chi connectivity index (χ3v) is 8.02. The number of nitro groups is 1. The van der Waals surface area contributed by atoms with Gasteiger partial charge in [0.25, 0.3) is 5.69 Å². The van der Waals surface area contributed by atoms with Gasteiger partial charge in [0.2, 0.25) is 21.8 Å². The van der Waals surface area contributed by atoms with E-state index < -0.39 is 33.4 Å². The first-order valence-electron chi connectivity index (χ1n) is 13.9. The number of carbonyl (C=O) groups excluding carboxylic acids is 2.